The molecule has 0 unspecified atom stereocenters. The maximum absolute atomic E-state index is 11.9. The van der Waals surface area contributed by atoms with Crippen molar-refractivity contribution in [1.29, 1.82) is 0 Å². The summed E-state index contributed by atoms with van der Waals surface area (Å²) in [6, 6.07) is 9.49. The fourth-order valence-electron chi connectivity index (χ4n) is 5.35. The van der Waals surface area contributed by atoms with Crippen LogP contribution in [0.25, 0.3) is 22.0 Å². The zero-order valence-corrected chi connectivity index (χ0v) is 20.6. The fourth-order valence-corrected chi connectivity index (χ4v) is 5.35. The van der Waals surface area contributed by atoms with Crippen LogP contribution in [-0.2, 0) is 0 Å². The van der Waals surface area contributed by atoms with Crippen LogP contribution in [0.5, 0.6) is 5.75 Å². The normalized spacial score (nSPS) is 20.6. The molecule has 180 valence electrons. The number of carbonyl (C=O) groups excluding carboxylic acids is 1. The first-order chi connectivity index (χ1) is 16.3. The van der Waals surface area contributed by atoms with Crippen molar-refractivity contribution in [3.63, 3.8) is 0 Å². The molecule has 1 saturated carbocycles. The molecular formula is C27H35N5O2. The van der Waals surface area contributed by atoms with Gasteiger partial charge in [-0.05, 0) is 66.8 Å². The minimum absolute atomic E-state index is 0.0936. The Labute approximate surface area is 201 Å². The van der Waals surface area contributed by atoms with Crippen molar-refractivity contribution in [3.05, 3.63) is 42.2 Å². The van der Waals surface area contributed by atoms with Gasteiger partial charge in [0.25, 0.3) is 5.91 Å². The molecule has 0 saturated heterocycles. The standard InChI is InChI=1S/C27H35N5O2/c1-5-11-27(2)12-7-6-8-20(16-27)32(4)25-10-9-22(30-31-25)21-13-19-17-29-23(26(34)28-3)14-18(19)15-24(21)33/h9-10,13-15,17,20,33H,5-8,11-12,16H2,1-4H3,(H,28,34)/t20-,27+/m0/s1. The van der Waals surface area contributed by atoms with E-state index in [-0.39, 0.29) is 11.7 Å². The first kappa shape index (κ1) is 23.9. The number of amides is 1. The van der Waals surface area contributed by atoms with E-state index in [1.807, 2.05) is 18.2 Å². The fraction of sp³-hybridized carbons (Fsp3) is 0.481. The molecular weight excluding hydrogens is 426 g/mol. The SMILES string of the molecule is CCC[C@]1(C)CCCC[C@H](N(C)c2ccc(-c3cc4cnc(C(=O)NC)cc4cc3O)nn2)C1. The third kappa shape index (κ3) is 4.98. The summed E-state index contributed by atoms with van der Waals surface area (Å²) in [7, 11) is 3.68. The number of anilines is 1. The summed E-state index contributed by atoms with van der Waals surface area (Å²) in [4.78, 5) is 18.4. The molecule has 1 amide bonds. The van der Waals surface area contributed by atoms with E-state index in [4.69, 9.17) is 0 Å². The largest absolute Gasteiger partial charge is 0.507 e. The second-order valence-electron chi connectivity index (χ2n) is 9.92. The van der Waals surface area contributed by atoms with Crippen LogP contribution in [0, 0.1) is 5.41 Å². The van der Waals surface area contributed by atoms with Crippen LogP contribution in [0.3, 0.4) is 0 Å². The van der Waals surface area contributed by atoms with Gasteiger partial charge in [0, 0.05) is 37.3 Å². The molecule has 2 atom stereocenters. The van der Waals surface area contributed by atoms with E-state index in [1.165, 1.54) is 44.9 Å². The van der Waals surface area contributed by atoms with Gasteiger partial charge in [-0.15, -0.1) is 10.2 Å². The Hall–Kier alpha value is -3.22. The number of nitrogens with zero attached hydrogens (tertiary/aromatic N) is 4. The van der Waals surface area contributed by atoms with Crippen molar-refractivity contribution in [2.45, 2.75) is 64.8 Å². The molecule has 34 heavy (non-hydrogen) atoms. The van der Waals surface area contributed by atoms with Gasteiger partial charge in [-0.2, -0.15) is 0 Å². The van der Waals surface area contributed by atoms with Crippen molar-refractivity contribution in [3.8, 4) is 17.0 Å². The Bertz CT molecular complexity index is 1160. The molecule has 2 aromatic heterocycles. The Balaban J connectivity index is 1.57. The van der Waals surface area contributed by atoms with E-state index in [1.54, 1.807) is 25.4 Å². The highest BCUT2D eigenvalue weighted by Gasteiger charge is 2.32. The number of nitrogens with one attached hydrogen (secondary N) is 1. The van der Waals surface area contributed by atoms with Gasteiger partial charge in [0.2, 0.25) is 0 Å². The lowest BCUT2D eigenvalue weighted by atomic mass is 9.77. The molecule has 2 heterocycles. The van der Waals surface area contributed by atoms with Crippen LogP contribution < -0.4 is 10.2 Å². The Morgan fingerprint density at radius 3 is 2.74 bits per heavy atom. The zero-order chi connectivity index (χ0) is 24.3. The quantitative estimate of drug-likeness (QED) is 0.482. The predicted octanol–water partition coefficient (Wildman–Crippen LogP) is 5.33. The summed E-state index contributed by atoms with van der Waals surface area (Å²) >= 11 is 0. The minimum Gasteiger partial charge on any atom is -0.507 e. The third-order valence-corrected chi connectivity index (χ3v) is 7.28. The monoisotopic (exact) mass is 461 g/mol. The second kappa shape index (κ2) is 9.95. The highest BCUT2D eigenvalue weighted by molar-refractivity contribution is 5.97. The van der Waals surface area contributed by atoms with Gasteiger partial charge < -0.3 is 15.3 Å². The van der Waals surface area contributed by atoms with Gasteiger partial charge in [0.05, 0.1) is 5.69 Å². The molecule has 1 aliphatic carbocycles. The summed E-state index contributed by atoms with van der Waals surface area (Å²) in [5.41, 5.74) is 1.89. The molecule has 2 N–H and O–H groups in total. The van der Waals surface area contributed by atoms with Crippen molar-refractivity contribution >= 4 is 22.5 Å². The van der Waals surface area contributed by atoms with Crippen LogP contribution in [-0.4, -0.2) is 46.3 Å². The number of hydrogen-bond donors (Lipinski definition) is 2. The number of benzene rings is 1. The van der Waals surface area contributed by atoms with E-state index >= 15 is 0 Å². The van der Waals surface area contributed by atoms with Gasteiger partial charge in [-0.1, -0.05) is 33.1 Å². The number of phenolic OH excluding ortho intramolecular Hbond substituents is 1. The van der Waals surface area contributed by atoms with Gasteiger partial charge >= 0.3 is 0 Å². The lowest BCUT2D eigenvalue weighted by Gasteiger charge is -2.35. The number of rotatable bonds is 6. The third-order valence-electron chi connectivity index (χ3n) is 7.28. The lowest BCUT2D eigenvalue weighted by Crippen LogP contribution is -2.36. The number of carbonyl (C=O) groups is 1. The molecule has 7 heteroatoms. The molecule has 4 rings (SSSR count). The van der Waals surface area contributed by atoms with Crippen LogP contribution in [0.1, 0.15) is 69.3 Å². The second-order valence-corrected chi connectivity index (χ2v) is 9.92. The number of phenols is 1. The first-order valence-corrected chi connectivity index (χ1v) is 12.3. The van der Waals surface area contributed by atoms with Crippen LogP contribution >= 0.6 is 0 Å². The van der Waals surface area contributed by atoms with Gasteiger partial charge in [0.1, 0.15) is 11.4 Å². The van der Waals surface area contributed by atoms with Crippen molar-refractivity contribution in [2.75, 3.05) is 19.0 Å². The highest BCUT2D eigenvalue weighted by Crippen LogP contribution is 2.40. The number of aromatic hydroxyl groups is 1. The lowest BCUT2D eigenvalue weighted by molar-refractivity contribution is 0.0958. The van der Waals surface area contributed by atoms with Crippen LogP contribution in [0.2, 0.25) is 0 Å². The average molecular weight is 462 g/mol. The molecule has 0 radical (unpaired) electrons. The molecule has 1 fully saturated rings. The van der Waals surface area contributed by atoms with Crippen molar-refractivity contribution in [2.24, 2.45) is 5.41 Å². The van der Waals surface area contributed by atoms with E-state index in [2.05, 4.69) is 46.3 Å². The van der Waals surface area contributed by atoms with E-state index in [0.29, 0.717) is 28.4 Å². The van der Waals surface area contributed by atoms with Gasteiger partial charge in [-0.3, -0.25) is 9.78 Å². The average Bonchev–Trinajstić information content (AvgIpc) is 3.04. The smallest absolute Gasteiger partial charge is 0.269 e. The van der Waals surface area contributed by atoms with Gasteiger partial charge in [0.15, 0.2) is 5.82 Å². The molecule has 7 nitrogen and oxygen atoms in total. The zero-order valence-electron chi connectivity index (χ0n) is 20.6. The molecule has 3 aromatic rings. The molecule has 0 spiro atoms. The Morgan fingerprint density at radius 1 is 1.21 bits per heavy atom. The maximum Gasteiger partial charge on any atom is 0.269 e. The predicted molar refractivity (Wildman–Crippen MR) is 136 cm³/mol. The van der Waals surface area contributed by atoms with Crippen molar-refractivity contribution in [1.82, 2.24) is 20.5 Å². The number of pyridine rings is 1. The Kier molecular flexibility index (Phi) is 7.00. The Morgan fingerprint density at radius 2 is 2.03 bits per heavy atom. The summed E-state index contributed by atoms with van der Waals surface area (Å²) in [6.45, 7) is 4.71. The number of fused-ring (bicyclic) bond motifs is 1. The number of hydrogen-bond acceptors (Lipinski definition) is 6. The minimum atomic E-state index is -0.264. The topological polar surface area (TPSA) is 91.2 Å². The van der Waals surface area contributed by atoms with E-state index in [9.17, 15) is 9.90 Å². The molecule has 0 bridgehead atoms. The molecule has 1 aromatic carbocycles. The summed E-state index contributed by atoms with van der Waals surface area (Å²) in [5, 5.41) is 23.8. The van der Waals surface area contributed by atoms with Crippen LogP contribution in [0.4, 0.5) is 5.82 Å². The van der Waals surface area contributed by atoms with Gasteiger partial charge in [-0.25, -0.2) is 0 Å². The van der Waals surface area contributed by atoms with E-state index in [0.717, 1.165) is 16.6 Å². The number of aromatic nitrogens is 3. The first-order valence-electron chi connectivity index (χ1n) is 12.3. The summed E-state index contributed by atoms with van der Waals surface area (Å²) in [5.74, 6) is 0.683. The molecule has 0 aliphatic heterocycles. The summed E-state index contributed by atoms with van der Waals surface area (Å²) < 4.78 is 0. The molecule has 1 aliphatic rings. The van der Waals surface area contributed by atoms with E-state index < -0.39 is 0 Å². The summed E-state index contributed by atoms with van der Waals surface area (Å²) in [6.07, 6.45) is 10.3. The van der Waals surface area contributed by atoms with Crippen LogP contribution in [0.15, 0.2) is 36.5 Å². The highest BCUT2D eigenvalue weighted by atomic mass is 16.3. The maximum atomic E-state index is 11.9. The van der Waals surface area contributed by atoms with Crippen molar-refractivity contribution < 1.29 is 9.90 Å².